The van der Waals surface area contributed by atoms with E-state index in [4.69, 9.17) is 4.74 Å². The van der Waals surface area contributed by atoms with Crippen molar-refractivity contribution in [1.29, 1.82) is 0 Å². The first-order chi connectivity index (χ1) is 12.9. The molecule has 27 heavy (non-hydrogen) atoms. The van der Waals surface area contributed by atoms with Crippen molar-refractivity contribution in [3.8, 4) is 5.75 Å². The average molecular weight is 373 g/mol. The molecule has 1 saturated heterocycles. The summed E-state index contributed by atoms with van der Waals surface area (Å²) in [5.41, 5.74) is -0.0767. The van der Waals surface area contributed by atoms with Gasteiger partial charge in [0.1, 0.15) is 17.3 Å². The molecule has 2 aromatic rings. The third-order valence-corrected chi connectivity index (χ3v) is 4.28. The number of amides is 2. The Morgan fingerprint density at radius 1 is 1.19 bits per heavy atom. The van der Waals surface area contributed by atoms with Crippen LogP contribution in [0.1, 0.15) is 23.2 Å². The predicted octanol–water partition coefficient (Wildman–Crippen LogP) is 1.78. The fourth-order valence-corrected chi connectivity index (χ4v) is 2.89. The van der Waals surface area contributed by atoms with Gasteiger partial charge in [0.2, 0.25) is 0 Å². The summed E-state index contributed by atoms with van der Waals surface area (Å²) < 4.78 is 19.4. The number of carbonyl (C=O) groups is 2. The van der Waals surface area contributed by atoms with E-state index in [0.29, 0.717) is 24.4 Å². The number of likely N-dealkylation sites (tertiary alicyclic amines) is 1. The molecular formula is C19H20FN3O4. The number of nitrogens with zero attached hydrogens (tertiary/aromatic N) is 2. The summed E-state index contributed by atoms with van der Waals surface area (Å²) in [6, 6.07) is 6.62. The molecule has 0 bridgehead atoms. The van der Waals surface area contributed by atoms with E-state index in [1.54, 1.807) is 4.90 Å². The summed E-state index contributed by atoms with van der Waals surface area (Å²) in [4.78, 5) is 38.6. The first kappa shape index (κ1) is 18.6. The van der Waals surface area contributed by atoms with Crippen LogP contribution in [0, 0.1) is 5.82 Å². The number of anilines is 1. The lowest BCUT2D eigenvalue weighted by atomic mass is 10.2. The van der Waals surface area contributed by atoms with Crippen molar-refractivity contribution in [1.82, 2.24) is 9.47 Å². The van der Waals surface area contributed by atoms with Gasteiger partial charge in [-0.2, -0.15) is 0 Å². The van der Waals surface area contributed by atoms with E-state index in [1.165, 1.54) is 48.1 Å². The van der Waals surface area contributed by atoms with Crippen LogP contribution in [0.2, 0.25) is 0 Å². The molecule has 0 atom stereocenters. The van der Waals surface area contributed by atoms with Gasteiger partial charge in [-0.3, -0.25) is 14.4 Å². The molecule has 0 radical (unpaired) electrons. The first-order valence-electron chi connectivity index (χ1n) is 8.62. The van der Waals surface area contributed by atoms with Crippen molar-refractivity contribution in [2.24, 2.45) is 7.05 Å². The van der Waals surface area contributed by atoms with Gasteiger partial charge >= 0.3 is 0 Å². The second-order valence-corrected chi connectivity index (χ2v) is 6.35. The second-order valence-electron chi connectivity index (χ2n) is 6.35. The lowest BCUT2D eigenvalue weighted by molar-refractivity contribution is -0.118. The lowest BCUT2D eigenvalue weighted by Crippen LogP contribution is -2.31. The number of aryl methyl sites for hydroxylation is 1. The number of hydrogen-bond donors (Lipinski definition) is 1. The quantitative estimate of drug-likeness (QED) is 0.866. The zero-order valence-electron chi connectivity index (χ0n) is 14.9. The van der Waals surface area contributed by atoms with Gasteiger partial charge in [-0.15, -0.1) is 0 Å². The Kier molecular flexibility index (Phi) is 5.54. The Morgan fingerprint density at radius 3 is 2.52 bits per heavy atom. The molecule has 1 fully saturated rings. The van der Waals surface area contributed by atoms with Gasteiger partial charge in [-0.1, -0.05) is 0 Å². The molecule has 1 N–H and O–H groups in total. The number of halogens is 1. The summed E-state index contributed by atoms with van der Waals surface area (Å²) in [5, 5.41) is 2.48. The van der Waals surface area contributed by atoms with E-state index in [9.17, 15) is 18.8 Å². The van der Waals surface area contributed by atoms with Gasteiger partial charge in [0.15, 0.2) is 6.61 Å². The van der Waals surface area contributed by atoms with Crippen LogP contribution in [-0.4, -0.2) is 41.0 Å². The number of carbonyl (C=O) groups excluding carboxylic acids is 2. The van der Waals surface area contributed by atoms with E-state index in [1.807, 2.05) is 0 Å². The number of nitrogens with one attached hydrogen (secondary N) is 1. The number of hydrogen-bond acceptors (Lipinski definition) is 4. The molecule has 2 amide bonds. The molecule has 0 unspecified atom stereocenters. The average Bonchev–Trinajstić information content (AvgIpc) is 3.19. The standard InChI is InChI=1S/C19H20FN3O4/c1-22-11-13(18(25)23-8-2-3-9-23)10-16(19(22)26)21-17(24)12-27-15-6-4-14(20)5-7-15/h4-7,10-11H,2-3,8-9,12H2,1H3,(H,21,24). The molecule has 2 heterocycles. The molecule has 0 saturated carbocycles. The van der Waals surface area contributed by atoms with Crippen molar-refractivity contribution in [2.75, 3.05) is 25.0 Å². The highest BCUT2D eigenvalue weighted by Crippen LogP contribution is 2.15. The maximum Gasteiger partial charge on any atom is 0.274 e. The van der Waals surface area contributed by atoms with Crippen LogP contribution >= 0.6 is 0 Å². The monoisotopic (exact) mass is 373 g/mol. The largest absolute Gasteiger partial charge is 0.484 e. The van der Waals surface area contributed by atoms with Crippen LogP contribution in [0.25, 0.3) is 0 Å². The van der Waals surface area contributed by atoms with Crippen LogP contribution < -0.4 is 15.6 Å². The van der Waals surface area contributed by atoms with Gasteiger partial charge in [-0.25, -0.2) is 4.39 Å². The van der Waals surface area contributed by atoms with E-state index >= 15 is 0 Å². The summed E-state index contributed by atoms with van der Waals surface area (Å²) in [6.07, 6.45) is 3.39. The number of benzene rings is 1. The van der Waals surface area contributed by atoms with Crippen molar-refractivity contribution >= 4 is 17.5 Å². The molecule has 1 aromatic heterocycles. The van der Waals surface area contributed by atoms with Crippen LogP contribution in [0.5, 0.6) is 5.75 Å². The minimum atomic E-state index is -0.554. The fourth-order valence-electron chi connectivity index (χ4n) is 2.89. The summed E-state index contributed by atoms with van der Waals surface area (Å²) >= 11 is 0. The smallest absolute Gasteiger partial charge is 0.274 e. The highest BCUT2D eigenvalue weighted by molar-refractivity contribution is 5.97. The van der Waals surface area contributed by atoms with Gasteiger partial charge in [0.05, 0.1) is 5.56 Å². The number of ether oxygens (including phenoxy) is 1. The molecule has 1 aliphatic heterocycles. The summed E-state index contributed by atoms with van der Waals surface area (Å²) in [5.74, 6) is -0.796. The highest BCUT2D eigenvalue weighted by Gasteiger charge is 2.21. The van der Waals surface area contributed by atoms with Gasteiger partial charge in [-0.05, 0) is 43.2 Å². The number of rotatable bonds is 5. The minimum Gasteiger partial charge on any atom is -0.484 e. The number of pyridine rings is 1. The molecule has 1 aliphatic rings. The normalized spacial score (nSPS) is 13.5. The molecule has 0 aliphatic carbocycles. The van der Waals surface area contributed by atoms with E-state index in [0.717, 1.165) is 12.8 Å². The molecule has 7 nitrogen and oxygen atoms in total. The van der Waals surface area contributed by atoms with Gasteiger partial charge < -0.3 is 19.5 Å². The van der Waals surface area contributed by atoms with Crippen LogP contribution in [0.15, 0.2) is 41.3 Å². The Balaban J connectivity index is 1.69. The third kappa shape index (κ3) is 4.52. The Hall–Kier alpha value is -3.16. The second kappa shape index (κ2) is 8.03. The van der Waals surface area contributed by atoms with Crippen molar-refractivity contribution in [3.05, 3.63) is 58.3 Å². The third-order valence-electron chi connectivity index (χ3n) is 4.28. The van der Waals surface area contributed by atoms with Gasteiger partial charge in [0.25, 0.3) is 17.4 Å². The Morgan fingerprint density at radius 2 is 1.85 bits per heavy atom. The molecular weight excluding hydrogens is 353 g/mol. The van der Waals surface area contributed by atoms with E-state index in [2.05, 4.69) is 5.32 Å². The summed E-state index contributed by atoms with van der Waals surface area (Å²) in [6.45, 7) is 1.03. The fraction of sp³-hybridized carbons (Fsp3) is 0.316. The summed E-state index contributed by atoms with van der Waals surface area (Å²) in [7, 11) is 1.52. The Bertz CT molecular complexity index is 902. The molecule has 0 spiro atoms. The van der Waals surface area contributed by atoms with Crippen LogP contribution in [0.4, 0.5) is 10.1 Å². The first-order valence-corrected chi connectivity index (χ1v) is 8.62. The highest BCUT2D eigenvalue weighted by atomic mass is 19.1. The van der Waals surface area contributed by atoms with E-state index < -0.39 is 17.3 Å². The maximum absolute atomic E-state index is 12.9. The predicted molar refractivity (Wildman–Crippen MR) is 97.3 cm³/mol. The SMILES string of the molecule is Cn1cc(C(=O)N2CCCC2)cc(NC(=O)COc2ccc(F)cc2)c1=O. The maximum atomic E-state index is 12.9. The molecule has 1 aromatic carbocycles. The van der Waals surface area contributed by atoms with Crippen molar-refractivity contribution < 1.29 is 18.7 Å². The van der Waals surface area contributed by atoms with Crippen molar-refractivity contribution in [3.63, 3.8) is 0 Å². The van der Waals surface area contributed by atoms with Crippen molar-refractivity contribution in [2.45, 2.75) is 12.8 Å². The zero-order chi connectivity index (χ0) is 19.4. The van der Waals surface area contributed by atoms with Crippen LogP contribution in [0.3, 0.4) is 0 Å². The minimum absolute atomic E-state index is 0.00949. The lowest BCUT2D eigenvalue weighted by Gasteiger charge is -2.16. The molecule has 3 rings (SSSR count). The Labute approximate surface area is 155 Å². The topological polar surface area (TPSA) is 80.6 Å². The molecule has 142 valence electrons. The van der Waals surface area contributed by atoms with E-state index in [-0.39, 0.29) is 18.2 Å². The van der Waals surface area contributed by atoms with Gasteiger partial charge in [0, 0.05) is 26.3 Å². The zero-order valence-corrected chi connectivity index (χ0v) is 14.9. The number of aromatic nitrogens is 1. The van der Waals surface area contributed by atoms with Crippen LogP contribution in [-0.2, 0) is 11.8 Å². The molecule has 8 heteroatoms.